The number of nitrogens with one attached hydrogen (secondary N) is 6. The molecule has 2 fully saturated rings. The Kier molecular flexibility index (Phi) is 7.63. The van der Waals surface area contributed by atoms with Gasteiger partial charge < -0.3 is 15.4 Å². The lowest BCUT2D eigenvalue weighted by Crippen LogP contribution is -2.71. The van der Waals surface area contributed by atoms with Gasteiger partial charge in [-0.15, -0.1) is 0 Å². The van der Waals surface area contributed by atoms with E-state index in [-0.39, 0.29) is 29.1 Å². The Morgan fingerprint density at radius 1 is 1.42 bits per heavy atom. The van der Waals surface area contributed by atoms with Crippen molar-refractivity contribution in [1.82, 2.24) is 32.1 Å². The van der Waals surface area contributed by atoms with E-state index >= 15 is 0 Å². The third-order valence-corrected chi connectivity index (χ3v) is 4.29. The molecular formula is C14H26N6O3S. The van der Waals surface area contributed by atoms with Crippen LogP contribution in [0.3, 0.4) is 0 Å². The fourth-order valence-electron chi connectivity index (χ4n) is 2.92. The largest absolute Gasteiger partial charge is 0.450 e. The molecule has 3 unspecified atom stereocenters. The number of alkyl carbamates (subject to hydrolysis) is 1. The molecule has 24 heavy (non-hydrogen) atoms. The first-order chi connectivity index (χ1) is 11.6. The second-order valence-corrected chi connectivity index (χ2v) is 6.16. The summed E-state index contributed by atoms with van der Waals surface area (Å²) in [5, 5.41) is 12.4. The van der Waals surface area contributed by atoms with E-state index in [1.54, 1.807) is 6.92 Å². The summed E-state index contributed by atoms with van der Waals surface area (Å²) in [6, 6.07) is 0.104. The molecular weight excluding hydrogens is 332 g/mol. The fraction of sp³-hybridized carbons (Fsp3) is 0.786. The van der Waals surface area contributed by atoms with Crippen LogP contribution in [0.4, 0.5) is 4.79 Å². The van der Waals surface area contributed by atoms with Gasteiger partial charge >= 0.3 is 6.09 Å². The van der Waals surface area contributed by atoms with Gasteiger partial charge in [0.15, 0.2) is 5.11 Å². The minimum Gasteiger partial charge on any atom is -0.450 e. The molecule has 0 saturated carbocycles. The first-order valence-electron chi connectivity index (χ1n) is 8.35. The highest BCUT2D eigenvalue weighted by atomic mass is 32.1. The SMILES string of the molecule is CCOC(=O)NC(=S)NCCCNC1NNC(=O)C2CCCNC12. The van der Waals surface area contributed by atoms with Crippen molar-refractivity contribution in [3.8, 4) is 0 Å². The zero-order chi connectivity index (χ0) is 17.4. The van der Waals surface area contributed by atoms with E-state index in [0.717, 1.165) is 32.4 Å². The van der Waals surface area contributed by atoms with Crippen LogP contribution in [0.15, 0.2) is 0 Å². The predicted molar refractivity (Wildman–Crippen MR) is 93.0 cm³/mol. The second-order valence-electron chi connectivity index (χ2n) is 5.75. The highest BCUT2D eigenvalue weighted by Crippen LogP contribution is 2.20. The van der Waals surface area contributed by atoms with E-state index in [1.807, 2.05) is 0 Å². The van der Waals surface area contributed by atoms with E-state index in [1.165, 1.54) is 0 Å². The first kappa shape index (κ1) is 18.8. The maximum Gasteiger partial charge on any atom is 0.413 e. The molecule has 2 rings (SSSR count). The number of thiocarbonyl (C=S) groups is 1. The highest BCUT2D eigenvalue weighted by Gasteiger charge is 2.39. The summed E-state index contributed by atoms with van der Waals surface area (Å²) in [4.78, 5) is 23.0. The lowest BCUT2D eigenvalue weighted by Gasteiger charge is -2.42. The topological polar surface area (TPSA) is 116 Å². The second kappa shape index (κ2) is 9.72. The van der Waals surface area contributed by atoms with Gasteiger partial charge in [0.05, 0.1) is 18.7 Å². The van der Waals surface area contributed by atoms with Gasteiger partial charge in [0, 0.05) is 12.6 Å². The molecule has 3 atom stereocenters. The molecule has 2 aliphatic heterocycles. The van der Waals surface area contributed by atoms with E-state index in [2.05, 4.69) is 32.1 Å². The molecule has 0 spiro atoms. The monoisotopic (exact) mass is 358 g/mol. The minimum atomic E-state index is -0.551. The Morgan fingerprint density at radius 3 is 3.04 bits per heavy atom. The van der Waals surface area contributed by atoms with Crippen LogP contribution in [0.5, 0.6) is 0 Å². The predicted octanol–water partition coefficient (Wildman–Crippen LogP) is -1.08. The van der Waals surface area contributed by atoms with Gasteiger partial charge in [-0.3, -0.25) is 20.9 Å². The molecule has 136 valence electrons. The summed E-state index contributed by atoms with van der Waals surface area (Å²) in [6.07, 6.45) is 2.20. The van der Waals surface area contributed by atoms with Crippen molar-refractivity contribution in [2.45, 2.75) is 38.4 Å². The average Bonchev–Trinajstić information content (AvgIpc) is 2.57. The molecule has 0 aromatic carbocycles. The van der Waals surface area contributed by atoms with Gasteiger partial charge in [-0.25, -0.2) is 10.2 Å². The summed E-state index contributed by atoms with van der Waals surface area (Å²) >= 11 is 5.00. The molecule has 10 heteroatoms. The molecule has 0 aromatic rings. The number of fused-ring (bicyclic) bond motifs is 1. The van der Waals surface area contributed by atoms with Crippen molar-refractivity contribution in [3.05, 3.63) is 0 Å². The standard InChI is InChI=1S/C14H26N6O3S/c1-2-23-14(22)18-13(24)17-8-4-7-16-11-10-9(5-3-6-15-10)12(21)20-19-11/h9-11,15-16,19H,2-8H2,1H3,(H,20,21)(H2,17,18,22,24). The van der Waals surface area contributed by atoms with Crippen molar-refractivity contribution >= 4 is 29.3 Å². The highest BCUT2D eigenvalue weighted by molar-refractivity contribution is 7.80. The number of carbonyl (C=O) groups excluding carboxylic acids is 2. The number of hydrogen-bond donors (Lipinski definition) is 6. The third-order valence-electron chi connectivity index (χ3n) is 4.05. The van der Waals surface area contributed by atoms with Crippen LogP contribution in [0, 0.1) is 5.92 Å². The Labute approximate surface area is 147 Å². The van der Waals surface area contributed by atoms with Crippen LogP contribution in [-0.4, -0.2) is 55.6 Å². The Bertz CT molecular complexity index is 464. The van der Waals surface area contributed by atoms with Gasteiger partial charge in [0.1, 0.15) is 0 Å². The zero-order valence-corrected chi connectivity index (χ0v) is 14.6. The number of hydrazine groups is 1. The summed E-state index contributed by atoms with van der Waals surface area (Å²) in [7, 11) is 0. The summed E-state index contributed by atoms with van der Waals surface area (Å²) in [5.41, 5.74) is 5.75. The van der Waals surface area contributed by atoms with Crippen LogP contribution in [0.2, 0.25) is 0 Å². The van der Waals surface area contributed by atoms with Crippen LogP contribution in [0.25, 0.3) is 0 Å². The molecule has 0 aliphatic carbocycles. The maximum absolute atomic E-state index is 11.8. The maximum atomic E-state index is 11.8. The summed E-state index contributed by atoms with van der Waals surface area (Å²) < 4.78 is 4.74. The van der Waals surface area contributed by atoms with E-state index in [9.17, 15) is 9.59 Å². The zero-order valence-electron chi connectivity index (χ0n) is 13.8. The van der Waals surface area contributed by atoms with Gasteiger partial charge in [0.2, 0.25) is 5.91 Å². The number of hydrogen-bond acceptors (Lipinski definition) is 7. The number of carbonyl (C=O) groups is 2. The van der Waals surface area contributed by atoms with Gasteiger partial charge in [-0.05, 0) is 51.5 Å². The van der Waals surface area contributed by atoms with Gasteiger partial charge in [-0.1, -0.05) is 0 Å². The van der Waals surface area contributed by atoms with Crippen LogP contribution in [-0.2, 0) is 9.53 Å². The van der Waals surface area contributed by atoms with Crippen LogP contribution >= 0.6 is 12.2 Å². The number of amides is 2. The van der Waals surface area contributed by atoms with Crippen molar-refractivity contribution in [2.24, 2.45) is 5.92 Å². The number of ether oxygens (including phenoxy) is 1. The molecule has 2 aliphatic rings. The van der Waals surface area contributed by atoms with Crippen molar-refractivity contribution in [1.29, 1.82) is 0 Å². The lowest BCUT2D eigenvalue weighted by molar-refractivity contribution is -0.131. The van der Waals surface area contributed by atoms with E-state index in [4.69, 9.17) is 17.0 Å². The van der Waals surface area contributed by atoms with Crippen molar-refractivity contribution < 1.29 is 14.3 Å². The van der Waals surface area contributed by atoms with Crippen molar-refractivity contribution in [3.63, 3.8) is 0 Å². The normalized spacial score (nSPS) is 26.0. The van der Waals surface area contributed by atoms with Crippen LogP contribution < -0.4 is 32.1 Å². The molecule has 2 heterocycles. The minimum absolute atomic E-state index is 0.00221. The molecule has 6 N–H and O–H groups in total. The molecule has 0 bridgehead atoms. The quantitative estimate of drug-likeness (QED) is 0.262. The molecule has 2 saturated heterocycles. The van der Waals surface area contributed by atoms with Gasteiger partial charge in [0.25, 0.3) is 0 Å². The van der Waals surface area contributed by atoms with Crippen molar-refractivity contribution in [2.75, 3.05) is 26.2 Å². The smallest absolute Gasteiger partial charge is 0.413 e. The fourth-order valence-corrected chi connectivity index (χ4v) is 3.10. The van der Waals surface area contributed by atoms with Crippen LogP contribution in [0.1, 0.15) is 26.2 Å². The Balaban J connectivity index is 1.61. The lowest BCUT2D eigenvalue weighted by atomic mass is 9.87. The Morgan fingerprint density at radius 2 is 2.25 bits per heavy atom. The Hall–Kier alpha value is -1.49. The average molecular weight is 358 g/mol. The number of piperidine rings is 1. The first-order valence-corrected chi connectivity index (χ1v) is 8.76. The third kappa shape index (κ3) is 5.55. The summed E-state index contributed by atoms with van der Waals surface area (Å²) in [5.74, 6) is 0.0688. The molecule has 0 radical (unpaired) electrons. The summed E-state index contributed by atoms with van der Waals surface area (Å²) in [6.45, 7) is 4.34. The number of rotatable bonds is 6. The molecule has 0 aromatic heterocycles. The van der Waals surface area contributed by atoms with Gasteiger partial charge in [-0.2, -0.15) is 0 Å². The van der Waals surface area contributed by atoms with E-state index < -0.39 is 6.09 Å². The molecule has 9 nitrogen and oxygen atoms in total. The molecule has 2 amide bonds. The van der Waals surface area contributed by atoms with E-state index in [0.29, 0.717) is 13.2 Å².